The van der Waals surface area contributed by atoms with Gasteiger partial charge in [0.2, 0.25) is 15.9 Å². The number of likely N-dealkylation sites (tertiary alicyclic amines) is 1. The first kappa shape index (κ1) is 24.0. The highest BCUT2D eigenvalue weighted by atomic mass is 32.2. The number of carbonyl (C=O) groups is 2. The van der Waals surface area contributed by atoms with Gasteiger partial charge >= 0.3 is 0 Å². The van der Waals surface area contributed by atoms with Gasteiger partial charge in [-0.1, -0.05) is 0 Å². The predicted molar refractivity (Wildman–Crippen MR) is 125 cm³/mol. The van der Waals surface area contributed by atoms with Crippen LogP contribution >= 0.6 is 0 Å². The lowest BCUT2D eigenvalue weighted by Gasteiger charge is -2.32. The molecule has 0 bridgehead atoms. The second-order valence-corrected chi connectivity index (χ2v) is 11.2. The fourth-order valence-corrected chi connectivity index (χ4v) is 6.55. The number of rotatable bonds is 7. The molecule has 0 aromatic heterocycles. The van der Waals surface area contributed by atoms with Crippen LogP contribution in [0.1, 0.15) is 44.6 Å². The zero-order valence-electron chi connectivity index (χ0n) is 19.4. The molecule has 2 amide bonds. The second-order valence-electron chi connectivity index (χ2n) is 9.26. The van der Waals surface area contributed by atoms with Crippen molar-refractivity contribution in [1.82, 2.24) is 14.5 Å². The molecule has 4 rings (SSSR count). The molecule has 2 fully saturated rings. The molecule has 182 valence electrons. The largest absolute Gasteiger partial charge is 0.479 e. The summed E-state index contributed by atoms with van der Waals surface area (Å²) in [5, 5.41) is 5.75. The maximum absolute atomic E-state index is 13.5. The lowest BCUT2D eigenvalue weighted by Crippen LogP contribution is -2.45. The molecule has 33 heavy (non-hydrogen) atoms. The van der Waals surface area contributed by atoms with E-state index in [1.807, 2.05) is 0 Å². The van der Waals surface area contributed by atoms with Gasteiger partial charge in [0.25, 0.3) is 5.91 Å². The van der Waals surface area contributed by atoms with Gasteiger partial charge in [-0.05, 0) is 77.2 Å². The molecule has 1 aromatic carbocycles. The van der Waals surface area contributed by atoms with E-state index in [0.717, 1.165) is 26.1 Å². The number of aryl methyl sites for hydroxylation is 1. The minimum Gasteiger partial charge on any atom is -0.479 e. The van der Waals surface area contributed by atoms with Crippen LogP contribution in [0, 0.1) is 12.8 Å². The van der Waals surface area contributed by atoms with Gasteiger partial charge in [0.1, 0.15) is 5.75 Å². The van der Waals surface area contributed by atoms with Crippen LogP contribution in [0.25, 0.3) is 0 Å². The van der Waals surface area contributed by atoms with Crippen molar-refractivity contribution in [3.8, 4) is 5.75 Å². The van der Waals surface area contributed by atoms with Gasteiger partial charge in [0.15, 0.2) is 6.10 Å². The number of nitrogens with one attached hydrogen (secondary N) is 2. The van der Waals surface area contributed by atoms with Crippen LogP contribution in [0.4, 0.5) is 5.69 Å². The molecule has 0 spiro atoms. The van der Waals surface area contributed by atoms with Crippen molar-refractivity contribution in [2.24, 2.45) is 5.92 Å². The topological polar surface area (TPSA) is 108 Å². The third kappa shape index (κ3) is 5.33. The highest BCUT2D eigenvalue weighted by Crippen LogP contribution is 2.36. The number of hydrogen-bond acceptors (Lipinski definition) is 6. The number of hydrogen-bond donors (Lipinski definition) is 2. The molecule has 1 aromatic rings. The van der Waals surface area contributed by atoms with Crippen LogP contribution in [0.15, 0.2) is 17.0 Å². The Morgan fingerprint density at radius 3 is 2.73 bits per heavy atom. The van der Waals surface area contributed by atoms with Crippen molar-refractivity contribution in [3.05, 3.63) is 17.7 Å². The van der Waals surface area contributed by atoms with Crippen molar-refractivity contribution in [3.63, 3.8) is 0 Å². The summed E-state index contributed by atoms with van der Waals surface area (Å²) in [6.45, 7) is 7.76. The predicted octanol–water partition coefficient (Wildman–Crippen LogP) is 1.72. The van der Waals surface area contributed by atoms with Gasteiger partial charge in [0.05, 0.1) is 16.5 Å². The first-order valence-electron chi connectivity index (χ1n) is 11.9. The number of carbonyl (C=O) groups excluding carboxylic acids is 2. The number of nitrogens with zero attached hydrogens (tertiary/aromatic N) is 2. The van der Waals surface area contributed by atoms with E-state index in [1.165, 1.54) is 23.2 Å². The Hall–Kier alpha value is -2.17. The maximum atomic E-state index is 13.5. The summed E-state index contributed by atoms with van der Waals surface area (Å²) in [5.74, 6) is -0.342. The molecular weight excluding hydrogens is 444 g/mol. The van der Waals surface area contributed by atoms with Crippen molar-refractivity contribution < 1.29 is 22.7 Å². The average Bonchev–Trinajstić information content (AvgIpc) is 3.31. The van der Waals surface area contributed by atoms with E-state index in [0.29, 0.717) is 42.9 Å². The molecule has 2 saturated heterocycles. The summed E-state index contributed by atoms with van der Waals surface area (Å²) in [7, 11) is -3.81. The van der Waals surface area contributed by atoms with E-state index < -0.39 is 16.1 Å². The minimum absolute atomic E-state index is 0.0710. The van der Waals surface area contributed by atoms with Gasteiger partial charge in [-0.2, -0.15) is 4.31 Å². The van der Waals surface area contributed by atoms with E-state index >= 15 is 0 Å². The normalized spacial score (nSPS) is 24.1. The standard InChI is InChI=1S/C23H34N4O5S/c1-16-13-19-20(32-17(2)22(28)25-19)14-21(16)33(30,31)27-12-5-7-18(15-27)23(29)24-8-6-11-26-9-3-4-10-26/h13-14,17-18H,3-12,15H2,1-2H3,(H,24,29)(H,25,28)/t17-,18-/m0/s1. The number of amides is 2. The number of ether oxygens (including phenoxy) is 1. The number of anilines is 1. The fourth-order valence-electron chi connectivity index (χ4n) is 4.80. The van der Waals surface area contributed by atoms with Gasteiger partial charge < -0.3 is 20.3 Å². The van der Waals surface area contributed by atoms with E-state index in [4.69, 9.17) is 4.74 Å². The molecule has 0 radical (unpaired) electrons. The quantitative estimate of drug-likeness (QED) is 0.578. The van der Waals surface area contributed by atoms with Crippen LogP contribution in [-0.4, -0.2) is 74.8 Å². The lowest BCUT2D eigenvalue weighted by atomic mass is 9.99. The summed E-state index contributed by atoms with van der Waals surface area (Å²) in [4.78, 5) is 27.1. The Kier molecular flexibility index (Phi) is 7.25. The van der Waals surface area contributed by atoms with Gasteiger partial charge in [0, 0.05) is 25.7 Å². The Balaban J connectivity index is 1.39. The van der Waals surface area contributed by atoms with Crippen molar-refractivity contribution >= 4 is 27.5 Å². The molecule has 10 heteroatoms. The smallest absolute Gasteiger partial charge is 0.265 e. The lowest BCUT2D eigenvalue weighted by molar-refractivity contribution is -0.126. The Bertz CT molecular complexity index is 1010. The van der Waals surface area contributed by atoms with E-state index in [-0.39, 0.29) is 29.2 Å². The monoisotopic (exact) mass is 478 g/mol. The van der Waals surface area contributed by atoms with Crippen molar-refractivity contribution in [2.75, 3.05) is 44.6 Å². The number of benzene rings is 1. The maximum Gasteiger partial charge on any atom is 0.265 e. The summed E-state index contributed by atoms with van der Waals surface area (Å²) >= 11 is 0. The highest BCUT2D eigenvalue weighted by Gasteiger charge is 2.35. The number of sulfonamides is 1. The summed E-state index contributed by atoms with van der Waals surface area (Å²) in [6.07, 6.45) is 4.04. The molecule has 0 aliphatic carbocycles. The zero-order valence-corrected chi connectivity index (χ0v) is 20.2. The van der Waals surface area contributed by atoms with Crippen LogP contribution in [0.5, 0.6) is 5.75 Å². The third-order valence-electron chi connectivity index (χ3n) is 6.73. The average molecular weight is 479 g/mol. The number of fused-ring (bicyclic) bond motifs is 1. The van der Waals surface area contributed by atoms with Gasteiger partial charge in [-0.3, -0.25) is 9.59 Å². The van der Waals surface area contributed by atoms with Crippen LogP contribution in [-0.2, 0) is 19.6 Å². The molecule has 3 aliphatic rings. The fraction of sp³-hybridized carbons (Fsp3) is 0.652. The SMILES string of the molecule is Cc1cc2c(cc1S(=O)(=O)N1CCC[C@H](C(=O)NCCCN3CCCC3)C1)O[C@@H](C)C(=O)N2. The van der Waals surface area contributed by atoms with E-state index in [1.54, 1.807) is 19.9 Å². The zero-order chi connectivity index (χ0) is 23.6. The first-order valence-corrected chi connectivity index (χ1v) is 13.3. The molecule has 3 aliphatic heterocycles. The number of piperidine rings is 1. The van der Waals surface area contributed by atoms with E-state index in [9.17, 15) is 18.0 Å². The van der Waals surface area contributed by atoms with Gasteiger partial charge in [-0.25, -0.2) is 8.42 Å². The highest BCUT2D eigenvalue weighted by molar-refractivity contribution is 7.89. The molecule has 9 nitrogen and oxygen atoms in total. The van der Waals surface area contributed by atoms with E-state index in [2.05, 4.69) is 15.5 Å². The molecule has 2 N–H and O–H groups in total. The minimum atomic E-state index is -3.81. The molecule has 0 saturated carbocycles. The van der Waals surface area contributed by atoms with Crippen molar-refractivity contribution in [2.45, 2.75) is 57.0 Å². The van der Waals surface area contributed by atoms with Crippen molar-refractivity contribution in [1.29, 1.82) is 0 Å². The Morgan fingerprint density at radius 1 is 1.21 bits per heavy atom. The molecular formula is C23H34N4O5S. The summed E-state index contributed by atoms with van der Waals surface area (Å²) in [5.41, 5.74) is 1.00. The molecule has 0 unspecified atom stereocenters. The first-order chi connectivity index (χ1) is 15.8. The van der Waals surface area contributed by atoms with Crippen LogP contribution < -0.4 is 15.4 Å². The van der Waals surface area contributed by atoms with Crippen LogP contribution in [0.3, 0.4) is 0 Å². The summed E-state index contributed by atoms with van der Waals surface area (Å²) in [6, 6.07) is 3.11. The summed E-state index contributed by atoms with van der Waals surface area (Å²) < 4.78 is 33.9. The van der Waals surface area contributed by atoms with Crippen LogP contribution in [0.2, 0.25) is 0 Å². The Morgan fingerprint density at radius 2 is 1.97 bits per heavy atom. The van der Waals surface area contributed by atoms with Gasteiger partial charge in [-0.15, -0.1) is 0 Å². The third-order valence-corrected chi connectivity index (χ3v) is 8.74. The second kappa shape index (κ2) is 9.99. The molecule has 3 heterocycles. The Labute approximate surface area is 195 Å². The molecule has 2 atom stereocenters.